The van der Waals surface area contributed by atoms with Crippen LogP contribution in [0.15, 0.2) is 39.8 Å². The molecule has 96 valence electrons. The summed E-state index contributed by atoms with van der Waals surface area (Å²) >= 11 is 7.06. The van der Waals surface area contributed by atoms with Crippen LogP contribution in [0.3, 0.4) is 0 Å². The number of thioether (sulfide) groups is 1. The molecule has 2 nitrogen and oxygen atoms in total. The van der Waals surface area contributed by atoms with Crippen molar-refractivity contribution in [2.75, 3.05) is 6.54 Å². The van der Waals surface area contributed by atoms with Crippen molar-refractivity contribution in [1.29, 1.82) is 0 Å². The van der Waals surface area contributed by atoms with Crippen molar-refractivity contribution >= 4 is 39.0 Å². The van der Waals surface area contributed by atoms with Crippen LogP contribution < -0.4 is 5.32 Å². The summed E-state index contributed by atoms with van der Waals surface area (Å²) in [5.74, 6) is 0.943. The lowest BCUT2D eigenvalue weighted by atomic mass is 10.4. The molecular formula is C13H15BrN2S2. The Morgan fingerprint density at radius 1 is 1.33 bits per heavy atom. The maximum atomic E-state index is 4.45. The van der Waals surface area contributed by atoms with Gasteiger partial charge in [0.1, 0.15) is 5.01 Å². The van der Waals surface area contributed by atoms with Crippen molar-refractivity contribution in [3.63, 3.8) is 0 Å². The van der Waals surface area contributed by atoms with Crippen molar-refractivity contribution in [1.82, 2.24) is 10.3 Å². The van der Waals surface area contributed by atoms with E-state index in [9.17, 15) is 0 Å². The molecule has 18 heavy (non-hydrogen) atoms. The van der Waals surface area contributed by atoms with Crippen LogP contribution in [0.5, 0.6) is 0 Å². The van der Waals surface area contributed by atoms with Crippen LogP contribution in [-0.2, 0) is 12.3 Å². The lowest BCUT2D eigenvalue weighted by Gasteiger charge is -1.99. The number of benzene rings is 1. The van der Waals surface area contributed by atoms with E-state index in [4.69, 9.17) is 0 Å². The predicted molar refractivity (Wildman–Crippen MR) is 83.2 cm³/mol. The minimum Gasteiger partial charge on any atom is -0.312 e. The molecule has 0 aliphatic rings. The molecule has 0 saturated carbocycles. The molecule has 1 N–H and O–H groups in total. The Bertz CT molecular complexity index is 482. The normalized spacial score (nSPS) is 10.8. The van der Waals surface area contributed by atoms with Crippen LogP contribution in [0.2, 0.25) is 0 Å². The third-order valence-corrected chi connectivity index (χ3v) is 5.06. The standard InChI is InChI=1S/C13H15BrN2S2/c1-2-15-7-12-8-16-13(18-12)9-17-11-5-3-10(14)4-6-11/h3-6,8,15H,2,7,9H2,1H3. The Labute approximate surface area is 124 Å². The van der Waals surface area contributed by atoms with Gasteiger partial charge < -0.3 is 5.32 Å². The Morgan fingerprint density at radius 2 is 2.11 bits per heavy atom. The summed E-state index contributed by atoms with van der Waals surface area (Å²) in [5.41, 5.74) is 0. The molecule has 0 unspecified atom stereocenters. The van der Waals surface area contributed by atoms with Crippen LogP contribution in [0, 0.1) is 0 Å². The number of nitrogens with zero attached hydrogens (tertiary/aromatic N) is 1. The summed E-state index contributed by atoms with van der Waals surface area (Å²) in [7, 11) is 0. The second-order valence-corrected chi connectivity index (χ2v) is 6.91. The van der Waals surface area contributed by atoms with E-state index in [1.165, 1.54) is 14.8 Å². The predicted octanol–water partition coefficient (Wildman–Crippen LogP) is 4.31. The van der Waals surface area contributed by atoms with E-state index in [-0.39, 0.29) is 0 Å². The molecule has 1 aromatic heterocycles. The van der Waals surface area contributed by atoms with E-state index in [1.54, 1.807) is 11.3 Å². The Hall–Kier alpha value is -0.360. The van der Waals surface area contributed by atoms with Crippen molar-refractivity contribution in [3.8, 4) is 0 Å². The van der Waals surface area contributed by atoms with Gasteiger partial charge in [-0.25, -0.2) is 4.98 Å². The quantitative estimate of drug-likeness (QED) is 0.792. The van der Waals surface area contributed by atoms with E-state index >= 15 is 0 Å². The van der Waals surface area contributed by atoms with Gasteiger partial charge in [0.2, 0.25) is 0 Å². The van der Waals surface area contributed by atoms with E-state index in [0.717, 1.165) is 23.3 Å². The fourth-order valence-electron chi connectivity index (χ4n) is 1.42. The summed E-state index contributed by atoms with van der Waals surface area (Å²) in [6.07, 6.45) is 1.98. The maximum Gasteiger partial charge on any atom is 0.103 e. The zero-order valence-corrected chi connectivity index (χ0v) is 13.4. The molecule has 2 rings (SSSR count). The van der Waals surface area contributed by atoms with E-state index in [1.807, 2.05) is 18.0 Å². The molecular weight excluding hydrogens is 328 g/mol. The monoisotopic (exact) mass is 342 g/mol. The molecule has 0 radical (unpaired) electrons. The van der Waals surface area contributed by atoms with E-state index in [0.29, 0.717) is 0 Å². The third kappa shape index (κ3) is 4.39. The summed E-state index contributed by atoms with van der Waals surface area (Å²) < 4.78 is 1.12. The molecule has 1 aromatic carbocycles. The average Bonchev–Trinajstić information content (AvgIpc) is 2.84. The number of nitrogens with one attached hydrogen (secondary N) is 1. The van der Waals surface area contributed by atoms with E-state index in [2.05, 4.69) is 57.4 Å². The first-order valence-corrected chi connectivity index (χ1v) is 8.40. The van der Waals surface area contributed by atoms with E-state index < -0.39 is 0 Å². The highest BCUT2D eigenvalue weighted by atomic mass is 79.9. The van der Waals surface area contributed by atoms with Gasteiger partial charge >= 0.3 is 0 Å². The molecule has 1 heterocycles. The molecule has 5 heteroatoms. The second kappa shape index (κ2) is 7.28. The highest BCUT2D eigenvalue weighted by Gasteiger charge is 2.02. The summed E-state index contributed by atoms with van der Waals surface area (Å²) in [5, 5.41) is 4.51. The van der Waals surface area contributed by atoms with Crippen molar-refractivity contribution < 1.29 is 0 Å². The molecule has 0 saturated heterocycles. The van der Waals surface area contributed by atoms with Gasteiger partial charge in [0.05, 0.1) is 5.75 Å². The number of halogens is 1. The molecule has 0 bridgehead atoms. The molecule has 0 atom stereocenters. The van der Waals surface area contributed by atoms with Crippen molar-refractivity contribution in [2.24, 2.45) is 0 Å². The van der Waals surface area contributed by atoms with Gasteiger partial charge in [-0.1, -0.05) is 22.9 Å². The third-order valence-electron chi connectivity index (χ3n) is 2.33. The molecule has 0 aliphatic carbocycles. The molecule has 0 spiro atoms. The molecule has 0 amide bonds. The SMILES string of the molecule is CCNCc1cnc(CSc2ccc(Br)cc2)s1. The Balaban J connectivity index is 1.86. The zero-order valence-electron chi connectivity index (χ0n) is 10.1. The first-order chi connectivity index (χ1) is 8.78. The second-order valence-electron chi connectivity index (χ2n) is 3.74. The van der Waals surface area contributed by atoms with Gasteiger partial charge in [-0.3, -0.25) is 0 Å². The van der Waals surface area contributed by atoms with Crippen LogP contribution >= 0.6 is 39.0 Å². The lowest BCUT2D eigenvalue weighted by Crippen LogP contribution is -2.10. The number of rotatable bonds is 6. The first kappa shape index (κ1) is 14.1. The molecule has 0 aliphatic heterocycles. The molecule has 0 fully saturated rings. The van der Waals surface area contributed by atoms with Gasteiger partial charge in [0, 0.05) is 27.0 Å². The number of thiazole rings is 1. The van der Waals surface area contributed by atoms with Gasteiger partial charge in [0.25, 0.3) is 0 Å². The maximum absolute atomic E-state index is 4.45. The average molecular weight is 343 g/mol. The highest BCUT2D eigenvalue weighted by Crippen LogP contribution is 2.26. The van der Waals surface area contributed by atoms with Crippen LogP contribution in [-0.4, -0.2) is 11.5 Å². The lowest BCUT2D eigenvalue weighted by molar-refractivity contribution is 0.734. The summed E-state index contributed by atoms with van der Waals surface area (Å²) in [6.45, 7) is 4.04. The van der Waals surface area contributed by atoms with Crippen LogP contribution in [0.25, 0.3) is 0 Å². The fourth-order valence-corrected chi connectivity index (χ4v) is 3.48. The number of aromatic nitrogens is 1. The minimum absolute atomic E-state index is 0.928. The topological polar surface area (TPSA) is 24.9 Å². The zero-order chi connectivity index (χ0) is 12.8. The fraction of sp³-hybridized carbons (Fsp3) is 0.308. The molecule has 2 aromatic rings. The first-order valence-electron chi connectivity index (χ1n) is 5.80. The van der Waals surface area contributed by atoms with Gasteiger partial charge in [0.15, 0.2) is 0 Å². The van der Waals surface area contributed by atoms with Gasteiger partial charge in [-0.15, -0.1) is 23.1 Å². The Kier molecular flexibility index (Phi) is 5.69. The van der Waals surface area contributed by atoms with Gasteiger partial charge in [-0.2, -0.15) is 0 Å². The smallest absolute Gasteiger partial charge is 0.103 e. The van der Waals surface area contributed by atoms with Crippen molar-refractivity contribution in [3.05, 3.63) is 44.8 Å². The largest absolute Gasteiger partial charge is 0.312 e. The van der Waals surface area contributed by atoms with Crippen LogP contribution in [0.1, 0.15) is 16.8 Å². The highest BCUT2D eigenvalue weighted by molar-refractivity contribution is 9.10. The Morgan fingerprint density at radius 3 is 2.83 bits per heavy atom. The minimum atomic E-state index is 0.928. The summed E-state index contributed by atoms with van der Waals surface area (Å²) in [4.78, 5) is 7.04. The number of hydrogen-bond acceptors (Lipinski definition) is 4. The van der Waals surface area contributed by atoms with Gasteiger partial charge in [-0.05, 0) is 30.8 Å². The number of hydrogen-bond donors (Lipinski definition) is 1. The van der Waals surface area contributed by atoms with Crippen molar-refractivity contribution in [2.45, 2.75) is 24.1 Å². The van der Waals surface area contributed by atoms with Crippen LogP contribution in [0.4, 0.5) is 0 Å². The summed E-state index contributed by atoms with van der Waals surface area (Å²) in [6, 6.07) is 8.39.